The summed E-state index contributed by atoms with van der Waals surface area (Å²) >= 11 is 0. The molecule has 10 atom stereocenters. The van der Waals surface area contributed by atoms with Crippen LogP contribution in [0.3, 0.4) is 0 Å². The van der Waals surface area contributed by atoms with E-state index in [2.05, 4.69) is 19.6 Å². The fourth-order valence-corrected chi connectivity index (χ4v) is 9.54. The maximum atomic E-state index is 14.1. The Kier molecular flexibility index (Phi) is 21.6. The van der Waals surface area contributed by atoms with Crippen LogP contribution >= 0.6 is 0 Å². The van der Waals surface area contributed by atoms with Gasteiger partial charge in [-0.05, 0) is 78.8 Å². The summed E-state index contributed by atoms with van der Waals surface area (Å²) in [5, 5.41) is 0. The largest absolute Gasteiger partial charge is 0.452 e. The van der Waals surface area contributed by atoms with Crippen molar-refractivity contribution < 1.29 is 90.4 Å². The number of benzene rings is 6. The van der Waals surface area contributed by atoms with E-state index in [4.69, 9.17) is 56.8 Å². The van der Waals surface area contributed by atoms with Gasteiger partial charge in [-0.1, -0.05) is 129 Å². The van der Waals surface area contributed by atoms with E-state index in [-0.39, 0.29) is 59.8 Å². The van der Waals surface area contributed by atoms with E-state index in [1.807, 2.05) is 0 Å². The molecule has 0 radical (unpaired) electrons. The maximum Gasteiger partial charge on any atom is 0.338 e. The van der Waals surface area contributed by atoms with Gasteiger partial charge in [0.15, 0.2) is 36.8 Å². The highest BCUT2D eigenvalue weighted by Gasteiger charge is 2.55. The first kappa shape index (κ1) is 60.7. The first-order valence-electron chi connectivity index (χ1n) is 26.9. The highest BCUT2D eigenvalue weighted by molar-refractivity contribution is 6.76. The second-order valence-corrected chi connectivity index (χ2v) is 26.1. The molecular formula is C63H64O19Si. The molecule has 6 aromatic carbocycles. The topological polar surface area (TPSA) is 230 Å². The van der Waals surface area contributed by atoms with Crippen molar-refractivity contribution in [1.82, 2.24) is 0 Å². The quantitative estimate of drug-likeness (QED) is 0.0239. The molecule has 2 aliphatic rings. The third-order valence-electron chi connectivity index (χ3n) is 13.1. The van der Waals surface area contributed by atoms with Gasteiger partial charge in [-0.2, -0.15) is 0 Å². The lowest BCUT2D eigenvalue weighted by Crippen LogP contribution is -2.63. The molecule has 8 rings (SSSR count). The Morgan fingerprint density at radius 1 is 0.349 bits per heavy atom. The highest BCUT2D eigenvalue weighted by atomic mass is 28.3. The Morgan fingerprint density at radius 2 is 0.614 bits per heavy atom. The number of hydrogen-bond acceptors (Lipinski definition) is 19. The predicted molar refractivity (Wildman–Crippen MR) is 299 cm³/mol. The molecular weight excluding hydrogens is 1090 g/mol. The van der Waals surface area contributed by atoms with E-state index in [1.165, 1.54) is 36.4 Å². The van der Waals surface area contributed by atoms with Crippen LogP contribution in [0.4, 0.5) is 0 Å². The minimum absolute atomic E-state index is 0.0992. The van der Waals surface area contributed by atoms with Crippen molar-refractivity contribution in [2.75, 3.05) is 33.0 Å². The molecule has 83 heavy (non-hydrogen) atoms. The Hall–Kier alpha value is -8.37. The third kappa shape index (κ3) is 17.3. The van der Waals surface area contributed by atoms with E-state index in [0.29, 0.717) is 6.04 Å². The average Bonchev–Trinajstić information content (AvgIpc) is 3.69. The Balaban J connectivity index is 1.06. The summed E-state index contributed by atoms with van der Waals surface area (Å²) in [6.07, 6.45) is -15.2. The number of ether oxygens (including phenoxy) is 12. The van der Waals surface area contributed by atoms with E-state index < -0.39 is 118 Å². The molecule has 2 fully saturated rings. The van der Waals surface area contributed by atoms with Crippen molar-refractivity contribution in [3.8, 4) is 0 Å². The lowest BCUT2D eigenvalue weighted by molar-refractivity contribution is -0.300. The van der Waals surface area contributed by atoms with Crippen LogP contribution in [0.1, 0.15) is 69.1 Å². The Labute approximate surface area is 480 Å². The molecule has 0 aromatic heterocycles. The zero-order valence-electron chi connectivity index (χ0n) is 46.1. The van der Waals surface area contributed by atoms with Crippen molar-refractivity contribution in [1.29, 1.82) is 0 Å². The van der Waals surface area contributed by atoms with Crippen molar-refractivity contribution in [2.24, 2.45) is 0 Å². The number of carbonyl (C=O) groups is 7. The van der Waals surface area contributed by atoms with Crippen molar-refractivity contribution >= 4 is 49.9 Å². The van der Waals surface area contributed by atoms with Gasteiger partial charge >= 0.3 is 41.8 Å². The van der Waals surface area contributed by atoms with Crippen molar-refractivity contribution in [2.45, 2.75) is 94.0 Å². The molecule has 2 heterocycles. The Morgan fingerprint density at radius 3 is 0.904 bits per heavy atom. The normalized spacial score (nSPS) is 22.2. The van der Waals surface area contributed by atoms with Crippen LogP contribution in [0, 0.1) is 0 Å². The van der Waals surface area contributed by atoms with Gasteiger partial charge in [-0.3, -0.25) is 4.79 Å². The van der Waals surface area contributed by atoms with Gasteiger partial charge in [0, 0.05) is 21.6 Å². The van der Waals surface area contributed by atoms with Gasteiger partial charge in [-0.15, -0.1) is 0 Å². The molecule has 0 saturated carbocycles. The van der Waals surface area contributed by atoms with E-state index >= 15 is 0 Å². The smallest absolute Gasteiger partial charge is 0.338 e. The number of rotatable bonds is 24. The summed E-state index contributed by atoms with van der Waals surface area (Å²) in [6, 6.07) is 48.8. The lowest BCUT2D eigenvalue weighted by Gasteiger charge is -2.44. The summed E-state index contributed by atoms with van der Waals surface area (Å²) in [4.78, 5) is 96.5. The summed E-state index contributed by atoms with van der Waals surface area (Å²) in [7, 11) is -1.74. The number of esters is 7. The second-order valence-electron chi connectivity index (χ2n) is 20.4. The first-order valence-corrected chi connectivity index (χ1v) is 30.6. The summed E-state index contributed by atoms with van der Waals surface area (Å²) in [5.74, 6) is -5.93. The zero-order chi connectivity index (χ0) is 58.7. The van der Waals surface area contributed by atoms with Crippen LogP contribution in [0.5, 0.6) is 0 Å². The number of carbonyl (C=O) groups excluding carboxylic acids is 7. The van der Waals surface area contributed by atoms with Crippen LogP contribution in [-0.2, 0) is 61.6 Å². The summed E-state index contributed by atoms with van der Waals surface area (Å²) in [5.41, 5.74) is 0.816. The SMILES string of the molecule is CC(=O)O[C@H]1O[C@H](COCCOC[C@@H]2O[C@H](OCC[Si](C)(C)C)[C@@H](OC(=O)c3ccccc3)[C@H](OC(=O)c3ccccc3)[C@@H]2OC(=O)c2ccccc2)[C@H](OC(=O)c2ccccc2)[C@H](OC(=O)c2ccccc2)[C@H]1OC(=O)c1ccccc1. The van der Waals surface area contributed by atoms with Gasteiger partial charge in [0.25, 0.3) is 0 Å². The van der Waals surface area contributed by atoms with Gasteiger partial charge in [0.2, 0.25) is 12.4 Å². The van der Waals surface area contributed by atoms with E-state index in [9.17, 15) is 33.6 Å². The number of hydrogen-bond donors (Lipinski definition) is 0. The summed E-state index contributed by atoms with van der Waals surface area (Å²) in [6.45, 7) is 6.56. The molecule has 6 aromatic rings. The fraction of sp³-hybridized carbons (Fsp3) is 0.317. The molecule has 0 spiro atoms. The first-order chi connectivity index (χ1) is 40.1. The molecule has 20 heteroatoms. The minimum Gasteiger partial charge on any atom is -0.452 e. The Bertz CT molecular complexity index is 3080. The van der Waals surface area contributed by atoms with Gasteiger partial charge in [-0.25, -0.2) is 28.8 Å². The summed E-state index contributed by atoms with van der Waals surface area (Å²) < 4.78 is 73.9. The fourth-order valence-electron chi connectivity index (χ4n) is 8.81. The van der Waals surface area contributed by atoms with Crippen LogP contribution in [0.2, 0.25) is 25.7 Å². The van der Waals surface area contributed by atoms with E-state index in [0.717, 1.165) is 6.92 Å². The highest BCUT2D eigenvalue weighted by Crippen LogP contribution is 2.34. The molecule has 0 unspecified atom stereocenters. The third-order valence-corrected chi connectivity index (χ3v) is 14.8. The minimum atomic E-state index is -1.74. The molecule has 2 saturated heterocycles. The molecule has 2 aliphatic heterocycles. The zero-order valence-corrected chi connectivity index (χ0v) is 47.1. The molecule has 0 bridgehead atoms. The van der Waals surface area contributed by atoms with Crippen LogP contribution < -0.4 is 0 Å². The maximum absolute atomic E-state index is 14.1. The monoisotopic (exact) mass is 1150 g/mol. The second kappa shape index (κ2) is 29.6. The van der Waals surface area contributed by atoms with Gasteiger partial charge < -0.3 is 56.8 Å². The van der Waals surface area contributed by atoms with Crippen molar-refractivity contribution in [3.05, 3.63) is 215 Å². The van der Waals surface area contributed by atoms with Crippen LogP contribution in [0.15, 0.2) is 182 Å². The standard InChI is InChI=1S/C63H64O19Si/c1-41(64)74-63-55(82-61(70)47-33-21-10-22-34-47)53(80-59(68)45-29-17-8-18-30-45)51(78-57(66)43-25-13-6-14-26-43)49(76-63)40-72-36-35-71-39-48-50(77-56(65)42-23-11-5-12-24-42)52(79-58(67)44-27-15-7-16-28-44)54(62(75-48)73-37-38-83(2,3)4)81-60(69)46-31-19-9-20-32-46/h5-34,48-55,62-63H,35-40H2,1-4H3/t48-,49+,50+,51-,52+,53-,54-,55+,62-,63-/m0/s1. The van der Waals surface area contributed by atoms with E-state index in [1.54, 1.807) is 146 Å². The average molecular weight is 1150 g/mol. The van der Waals surface area contributed by atoms with Gasteiger partial charge in [0.1, 0.15) is 12.2 Å². The predicted octanol–water partition coefficient (Wildman–Crippen LogP) is 8.74. The molecule has 19 nitrogen and oxygen atoms in total. The van der Waals surface area contributed by atoms with Crippen LogP contribution in [-0.4, -0.2) is 144 Å². The molecule has 434 valence electrons. The van der Waals surface area contributed by atoms with Crippen molar-refractivity contribution in [3.63, 3.8) is 0 Å². The van der Waals surface area contributed by atoms with Gasteiger partial charge in [0.05, 0.1) is 59.8 Å². The lowest BCUT2D eigenvalue weighted by atomic mass is 9.97. The molecule has 0 N–H and O–H groups in total. The molecule has 0 amide bonds. The van der Waals surface area contributed by atoms with Crippen LogP contribution in [0.25, 0.3) is 0 Å². The molecule has 0 aliphatic carbocycles.